The molecule has 7 nitrogen and oxygen atoms in total. The molecular weight excluding hydrogens is 286 g/mol. The number of non-ortho nitro benzene ring substituents is 1. The Kier molecular flexibility index (Phi) is 5.12. The molecule has 0 atom stereocenters. The summed E-state index contributed by atoms with van der Waals surface area (Å²) in [6.07, 6.45) is 2.10. The zero-order chi connectivity index (χ0) is 15.8. The van der Waals surface area contributed by atoms with Crippen LogP contribution in [0.25, 0.3) is 0 Å². The zero-order valence-corrected chi connectivity index (χ0v) is 11.4. The first-order valence-corrected chi connectivity index (χ1v) is 6.27. The molecule has 0 spiro atoms. The van der Waals surface area contributed by atoms with Gasteiger partial charge in [-0.15, -0.1) is 4.79 Å². The van der Waals surface area contributed by atoms with Crippen LogP contribution in [0, 0.1) is 10.1 Å². The van der Waals surface area contributed by atoms with Gasteiger partial charge in [0, 0.05) is 12.1 Å². The van der Waals surface area contributed by atoms with Crippen molar-refractivity contribution in [3.8, 4) is 0 Å². The second-order valence-electron chi connectivity index (χ2n) is 4.15. The Hall–Kier alpha value is -3.31. The van der Waals surface area contributed by atoms with Gasteiger partial charge in [0.15, 0.2) is 0 Å². The van der Waals surface area contributed by atoms with Gasteiger partial charge >= 0.3 is 0 Å². The molecule has 7 heteroatoms. The molecule has 0 saturated carbocycles. The maximum absolute atomic E-state index is 11.4. The van der Waals surface area contributed by atoms with Crippen LogP contribution in [0.5, 0.6) is 0 Å². The number of ether oxygens (including phenoxy) is 1. The number of hydrogen-bond acceptors (Lipinski definition) is 5. The van der Waals surface area contributed by atoms with Gasteiger partial charge in [0.2, 0.25) is 5.97 Å². The highest BCUT2D eigenvalue weighted by atomic mass is 16.6. The van der Waals surface area contributed by atoms with Crippen molar-refractivity contribution in [1.82, 2.24) is 0 Å². The maximum atomic E-state index is 11.4. The molecule has 0 bridgehead atoms. The van der Waals surface area contributed by atoms with Crippen molar-refractivity contribution >= 4 is 23.6 Å². The second kappa shape index (κ2) is 7.47. The fraction of sp³-hybridized carbons (Fsp3) is 0.0667. The van der Waals surface area contributed by atoms with E-state index in [0.29, 0.717) is 5.69 Å². The van der Waals surface area contributed by atoms with E-state index in [9.17, 15) is 14.9 Å². The van der Waals surface area contributed by atoms with Gasteiger partial charge < -0.3 is 4.74 Å². The topological polar surface area (TPSA) is 95.9 Å². The number of nitro groups is 1. The van der Waals surface area contributed by atoms with Crippen LogP contribution in [-0.2, 0) is 16.1 Å². The fourth-order valence-electron chi connectivity index (χ4n) is 1.52. The largest absolute Gasteiger partial charge is 0.479 e. The third kappa shape index (κ3) is 4.66. The molecule has 22 heavy (non-hydrogen) atoms. The van der Waals surface area contributed by atoms with E-state index in [-0.39, 0.29) is 12.3 Å². The highest BCUT2D eigenvalue weighted by molar-refractivity contribution is 6.20. The molecular formula is C15H11N3O4. The normalized spacial score (nSPS) is 9.45. The average Bonchev–Trinajstić information content (AvgIpc) is 2.54. The molecule has 0 aromatic heterocycles. The van der Waals surface area contributed by atoms with E-state index >= 15 is 0 Å². The minimum atomic E-state index is -0.741. The Balaban J connectivity index is 1.90. The number of carbonyl (C=O) groups is 1. The molecule has 0 aliphatic rings. The first kappa shape index (κ1) is 15.1. The Morgan fingerprint density at radius 3 is 2.50 bits per heavy atom. The summed E-state index contributed by atoms with van der Waals surface area (Å²) in [7, 11) is 0. The number of hydrogen-bond donors (Lipinski definition) is 0. The molecule has 0 amide bonds. The van der Waals surface area contributed by atoms with Crippen molar-refractivity contribution in [3.05, 3.63) is 70.3 Å². The molecule has 0 heterocycles. The lowest BCUT2D eigenvalue weighted by molar-refractivity contribution is -0.384. The minimum Gasteiger partial charge on any atom is -0.479 e. The molecule has 2 rings (SSSR count). The third-order valence-electron chi connectivity index (χ3n) is 2.58. The Morgan fingerprint density at radius 2 is 1.86 bits per heavy atom. The van der Waals surface area contributed by atoms with Crippen LogP contribution in [0.2, 0.25) is 0 Å². The summed E-state index contributed by atoms with van der Waals surface area (Å²) in [5, 5.41) is 14.2. The van der Waals surface area contributed by atoms with Crippen molar-refractivity contribution in [2.75, 3.05) is 0 Å². The number of nitro benzene ring substituents is 1. The van der Waals surface area contributed by atoms with Gasteiger partial charge in [-0.3, -0.25) is 14.9 Å². The summed E-state index contributed by atoms with van der Waals surface area (Å²) in [5.74, 6) is -0.741. The Morgan fingerprint density at radius 1 is 1.18 bits per heavy atom. The molecule has 110 valence electrons. The van der Waals surface area contributed by atoms with Crippen molar-refractivity contribution in [2.24, 2.45) is 5.11 Å². The van der Waals surface area contributed by atoms with E-state index in [4.69, 9.17) is 4.74 Å². The van der Waals surface area contributed by atoms with Crippen LogP contribution in [0.15, 0.2) is 59.7 Å². The summed E-state index contributed by atoms with van der Waals surface area (Å²) in [5.41, 5.74) is 1.17. The van der Waals surface area contributed by atoms with Crippen LogP contribution in [0.3, 0.4) is 0 Å². The lowest BCUT2D eigenvalue weighted by Crippen LogP contribution is -2.06. The Bertz CT molecular complexity index is 720. The monoisotopic (exact) mass is 297 g/mol. The molecule has 0 unspecified atom stereocenters. The molecule has 0 saturated heterocycles. The van der Waals surface area contributed by atoms with Gasteiger partial charge in [-0.1, -0.05) is 30.3 Å². The van der Waals surface area contributed by atoms with E-state index in [1.54, 1.807) is 0 Å². The van der Waals surface area contributed by atoms with Crippen molar-refractivity contribution in [1.29, 1.82) is 0 Å². The van der Waals surface area contributed by atoms with Gasteiger partial charge in [0.1, 0.15) is 18.5 Å². The maximum Gasteiger partial charge on any atom is 0.269 e. The van der Waals surface area contributed by atoms with Gasteiger partial charge in [0.05, 0.1) is 10.0 Å². The van der Waals surface area contributed by atoms with Gasteiger partial charge in [0.25, 0.3) is 5.69 Å². The molecule has 0 aliphatic heterocycles. The number of rotatable bonds is 5. The zero-order valence-electron chi connectivity index (χ0n) is 11.4. The first-order valence-electron chi connectivity index (χ1n) is 6.27. The van der Waals surface area contributed by atoms with Crippen LogP contribution < -0.4 is 0 Å². The van der Waals surface area contributed by atoms with Gasteiger partial charge in [-0.05, 0) is 17.7 Å². The summed E-state index contributed by atoms with van der Waals surface area (Å²) >= 11 is 0. The van der Waals surface area contributed by atoms with E-state index in [0.717, 1.165) is 5.56 Å². The van der Waals surface area contributed by atoms with Crippen molar-refractivity contribution in [2.45, 2.75) is 6.61 Å². The molecule has 2 aromatic carbocycles. The minimum absolute atomic E-state index is 0.0471. The summed E-state index contributed by atoms with van der Waals surface area (Å²) in [6, 6.07) is 14.6. The average molecular weight is 297 g/mol. The van der Waals surface area contributed by atoms with E-state index < -0.39 is 10.9 Å². The molecule has 2 aromatic rings. The van der Waals surface area contributed by atoms with Crippen LogP contribution in [0.1, 0.15) is 5.56 Å². The first-order chi connectivity index (χ1) is 10.6. The smallest absolute Gasteiger partial charge is 0.269 e. The lowest BCUT2D eigenvalue weighted by Gasteiger charge is -2.02. The molecule has 0 aliphatic carbocycles. The molecule has 0 radical (unpaired) electrons. The molecule has 0 N–H and O–H groups in total. The number of carbonyl (C=O) groups excluding carboxylic acids is 1. The van der Waals surface area contributed by atoms with Crippen LogP contribution >= 0.6 is 0 Å². The number of benzene rings is 2. The summed E-state index contributed by atoms with van der Waals surface area (Å²) < 4.78 is 4.92. The number of nitrogens with zero attached hydrogens (tertiary/aromatic N) is 3. The summed E-state index contributed by atoms with van der Waals surface area (Å²) in [6.45, 7) is 0.125. The highest BCUT2D eigenvalue weighted by Gasteiger charge is 2.04. The van der Waals surface area contributed by atoms with E-state index in [1.165, 1.54) is 24.3 Å². The van der Waals surface area contributed by atoms with E-state index in [1.807, 2.05) is 30.3 Å². The van der Waals surface area contributed by atoms with Crippen LogP contribution in [0.4, 0.5) is 11.4 Å². The number of esters is 1. The molecule has 0 fully saturated rings. The van der Waals surface area contributed by atoms with Crippen molar-refractivity contribution in [3.63, 3.8) is 0 Å². The van der Waals surface area contributed by atoms with Crippen molar-refractivity contribution < 1.29 is 19.2 Å². The van der Waals surface area contributed by atoms with Crippen LogP contribution in [-0.4, -0.2) is 21.9 Å². The van der Waals surface area contributed by atoms with Gasteiger partial charge in [-0.2, -0.15) is 0 Å². The predicted molar refractivity (Wildman–Crippen MR) is 76.7 cm³/mol. The lowest BCUT2D eigenvalue weighted by atomic mass is 10.2. The van der Waals surface area contributed by atoms with Gasteiger partial charge in [-0.25, -0.2) is 0 Å². The third-order valence-corrected chi connectivity index (χ3v) is 2.58. The van der Waals surface area contributed by atoms with E-state index in [2.05, 4.69) is 16.1 Å². The SMILES string of the molecule is O=C([C-]=[N+]=Nc1ccc([N+](=O)[O-])cc1)OCc1ccccc1. The fourth-order valence-corrected chi connectivity index (χ4v) is 1.52. The highest BCUT2D eigenvalue weighted by Crippen LogP contribution is 2.16. The Labute approximate surface area is 125 Å². The standard InChI is InChI=1S/C15H11N3O4/c19-15(22-11-12-4-2-1-3-5-12)10-16-17-13-6-8-14(9-7-13)18(20)21/h1-9H,11H2. The summed E-state index contributed by atoms with van der Waals surface area (Å²) in [4.78, 5) is 24.8. The predicted octanol–water partition coefficient (Wildman–Crippen LogP) is 2.58. The second-order valence-corrected chi connectivity index (χ2v) is 4.15. The quantitative estimate of drug-likeness (QED) is 0.161.